The number of rotatable bonds is 11. The fraction of sp³-hybridized carbons (Fsp3) is 0. The van der Waals surface area contributed by atoms with Crippen LogP contribution < -0.4 is 14.7 Å². The van der Waals surface area contributed by atoms with E-state index in [-0.39, 0.29) is 55.2 Å². The second kappa shape index (κ2) is 18.5. The quantitative estimate of drug-likeness (QED) is 0.0953. The van der Waals surface area contributed by atoms with Crippen molar-refractivity contribution in [2.75, 3.05) is 14.7 Å². The fourth-order valence-electron chi connectivity index (χ4n) is 7.19. The Morgan fingerprint density at radius 2 is 0.629 bits per heavy atom. The van der Waals surface area contributed by atoms with Crippen molar-refractivity contribution in [1.82, 2.24) is 9.97 Å². The molecule has 9 rings (SSSR count). The van der Waals surface area contributed by atoms with Gasteiger partial charge in [0.1, 0.15) is 11.6 Å². The van der Waals surface area contributed by atoms with Gasteiger partial charge >= 0.3 is 21.1 Å². The molecule has 0 unspecified atom stereocenters. The Kier molecular flexibility index (Phi) is 12.4. The summed E-state index contributed by atoms with van der Waals surface area (Å²) in [6, 6.07) is 64.5. The summed E-state index contributed by atoms with van der Waals surface area (Å²) in [7, 11) is 0. The average Bonchev–Trinajstić information content (AvgIpc) is 3.28. The molecule has 0 spiro atoms. The molecule has 0 radical (unpaired) electrons. The number of anilines is 9. The van der Waals surface area contributed by atoms with E-state index in [1.165, 1.54) is 0 Å². The monoisotopic (exact) mass is 998 g/mol. The maximum Gasteiger partial charge on any atom is 2.00 e. The minimum atomic E-state index is -0.848. The smallest absolute Gasteiger partial charge is 0.311 e. The summed E-state index contributed by atoms with van der Waals surface area (Å²) in [5, 5.41) is 0. The van der Waals surface area contributed by atoms with E-state index in [9.17, 15) is 8.78 Å². The van der Waals surface area contributed by atoms with Crippen LogP contribution in [0.25, 0.3) is 22.5 Å². The van der Waals surface area contributed by atoms with Gasteiger partial charge in [0.15, 0.2) is 0 Å². The van der Waals surface area contributed by atoms with Gasteiger partial charge in [0.25, 0.3) is 0 Å². The van der Waals surface area contributed by atoms with E-state index in [0.717, 1.165) is 47.0 Å². The van der Waals surface area contributed by atoms with Crippen molar-refractivity contribution in [3.63, 3.8) is 0 Å². The van der Waals surface area contributed by atoms with E-state index in [1.54, 1.807) is 17.0 Å². The molecule has 0 bridgehead atoms. The summed E-state index contributed by atoms with van der Waals surface area (Å²) >= 11 is 0. The number of hydrogen-bond donors (Lipinski definition) is 0. The molecular formula is C52H33F4N5Pt. The first kappa shape index (κ1) is 41.4. The van der Waals surface area contributed by atoms with Gasteiger partial charge < -0.3 is 9.80 Å². The van der Waals surface area contributed by atoms with Crippen molar-refractivity contribution in [3.05, 3.63) is 236 Å². The number of benzene rings is 7. The van der Waals surface area contributed by atoms with Crippen LogP contribution in [0.3, 0.4) is 0 Å². The van der Waals surface area contributed by atoms with Crippen LogP contribution in [0.2, 0.25) is 0 Å². The zero-order chi connectivity index (χ0) is 41.7. The van der Waals surface area contributed by atoms with Gasteiger partial charge in [-0.2, -0.15) is 0 Å². The molecule has 2 aromatic heterocycles. The van der Waals surface area contributed by atoms with E-state index in [1.807, 2.05) is 174 Å². The van der Waals surface area contributed by atoms with Crippen LogP contribution in [0.5, 0.6) is 0 Å². The first-order chi connectivity index (χ1) is 29.9. The molecule has 0 amide bonds. The van der Waals surface area contributed by atoms with Gasteiger partial charge in [-0.15, -0.1) is 24.3 Å². The van der Waals surface area contributed by atoms with Crippen LogP contribution >= 0.6 is 0 Å². The van der Waals surface area contributed by atoms with E-state index in [4.69, 9.17) is 9.97 Å². The Balaban J connectivity index is 0.00000529. The third kappa shape index (κ3) is 8.76. The molecule has 0 aliphatic rings. The van der Waals surface area contributed by atoms with Crippen molar-refractivity contribution < 1.29 is 38.6 Å². The summed E-state index contributed by atoms with van der Waals surface area (Å²) < 4.78 is 60.4. The van der Waals surface area contributed by atoms with Crippen LogP contribution in [0.4, 0.5) is 69.0 Å². The second-order valence-corrected chi connectivity index (χ2v) is 13.9. The van der Waals surface area contributed by atoms with Crippen LogP contribution in [0.15, 0.2) is 200 Å². The number of nitrogens with zero attached hydrogens (tertiary/aromatic N) is 5. The van der Waals surface area contributed by atoms with E-state index in [0.29, 0.717) is 17.1 Å². The topological polar surface area (TPSA) is 35.5 Å². The van der Waals surface area contributed by atoms with Crippen molar-refractivity contribution in [3.8, 4) is 22.5 Å². The first-order valence-corrected chi connectivity index (χ1v) is 19.3. The fourth-order valence-corrected chi connectivity index (χ4v) is 7.19. The Bertz CT molecular complexity index is 2670. The van der Waals surface area contributed by atoms with Crippen molar-refractivity contribution >= 4 is 51.4 Å². The molecule has 0 aliphatic carbocycles. The number of para-hydroxylation sites is 5. The zero-order valence-electron chi connectivity index (χ0n) is 32.6. The van der Waals surface area contributed by atoms with Crippen LogP contribution in [-0.2, 0) is 21.1 Å². The molecule has 0 saturated carbocycles. The van der Waals surface area contributed by atoms with E-state index < -0.39 is 23.3 Å². The normalized spacial score (nSPS) is 10.8. The summed E-state index contributed by atoms with van der Waals surface area (Å²) in [6.07, 6.45) is 0. The van der Waals surface area contributed by atoms with Crippen LogP contribution in [-0.4, -0.2) is 9.97 Å². The molecule has 5 nitrogen and oxygen atoms in total. The van der Waals surface area contributed by atoms with Gasteiger partial charge in [0.05, 0.1) is 0 Å². The molecule has 62 heavy (non-hydrogen) atoms. The Morgan fingerprint density at radius 3 is 0.919 bits per heavy atom. The van der Waals surface area contributed by atoms with Gasteiger partial charge in [-0.3, -0.25) is 32.4 Å². The van der Waals surface area contributed by atoms with Gasteiger partial charge in [-0.1, -0.05) is 126 Å². The van der Waals surface area contributed by atoms with Gasteiger partial charge in [0, 0.05) is 75.2 Å². The molecule has 0 fully saturated rings. The third-order valence-corrected chi connectivity index (χ3v) is 9.87. The van der Waals surface area contributed by atoms with E-state index in [2.05, 4.69) is 12.1 Å². The maximum absolute atomic E-state index is 15.8. The predicted octanol–water partition coefficient (Wildman–Crippen LogP) is 14.4. The van der Waals surface area contributed by atoms with Crippen molar-refractivity contribution in [2.24, 2.45) is 0 Å². The van der Waals surface area contributed by atoms with Gasteiger partial charge in [-0.05, 0) is 72.1 Å². The molecule has 9 aromatic rings. The molecule has 10 heteroatoms. The standard InChI is InChI=1S/C52H33F4N5.Pt/c53-36-26-28-45(47(55)30-36)49-32-43(59(38-16-6-1-7-17-38)39-18-8-2-9-19-39)34-51(57-49)61(42-24-14-5-15-25-42)52-35-44(33-50(58-52)46-29-27-37(54)31-48(46)56)60(40-20-10-3-11-21-40)41-22-12-4-13-23-41;/h1-27,30-35H;/q-2;+2. The van der Waals surface area contributed by atoms with Crippen LogP contribution in [0.1, 0.15) is 0 Å². The largest absolute Gasteiger partial charge is 2.00 e. The summed E-state index contributed by atoms with van der Waals surface area (Å²) in [4.78, 5) is 15.9. The molecular weight excluding hydrogens is 966 g/mol. The number of hydrogen-bond acceptors (Lipinski definition) is 5. The second-order valence-electron chi connectivity index (χ2n) is 13.9. The Morgan fingerprint density at radius 1 is 0.339 bits per heavy atom. The van der Waals surface area contributed by atoms with Crippen molar-refractivity contribution in [2.45, 2.75) is 0 Å². The summed E-state index contributed by atoms with van der Waals surface area (Å²) in [5.74, 6) is -2.68. The molecule has 304 valence electrons. The molecule has 2 heterocycles. The predicted molar refractivity (Wildman–Crippen MR) is 234 cm³/mol. The molecule has 0 atom stereocenters. The summed E-state index contributed by atoms with van der Waals surface area (Å²) in [6.45, 7) is 0. The van der Waals surface area contributed by atoms with E-state index >= 15 is 8.78 Å². The number of aromatic nitrogens is 2. The van der Waals surface area contributed by atoms with Gasteiger partial charge in [-0.25, -0.2) is 0 Å². The van der Waals surface area contributed by atoms with Crippen molar-refractivity contribution in [1.29, 1.82) is 0 Å². The molecule has 0 N–H and O–H groups in total. The zero-order valence-corrected chi connectivity index (χ0v) is 34.9. The molecule has 0 saturated heterocycles. The molecule has 0 aliphatic heterocycles. The first-order valence-electron chi connectivity index (χ1n) is 19.3. The van der Waals surface area contributed by atoms with Crippen LogP contribution in [0, 0.1) is 35.4 Å². The third-order valence-electron chi connectivity index (χ3n) is 9.87. The minimum Gasteiger partial charge on any atom is -0.311 e. The Hall–Kier alpha value is -7.35. The SMILES string of the molecule is Fc1c[c-]c(-c2cc(N(c3ccccc3)c3ccccc3)cc(N(c3ccccc3)c3cc(N(c4ccccc4)c4ccccc4)cc(-c4[c-]cc(F)cc4F)n3)n2)c(F)c1.[Pt+2]. The average molecular weight is 999 g/mol. The number of pyridine rings is 2. The van der Waals surface area contributed by atoms with Gasteiger partial charge in [0.2, 0.25) is 0 Å². The number of halogens is 4. The summed E-state index contributed by atoms with van der Waals surface area (Å²) in [5.41, 5.74) is 5.20. The molecule has 7 aromatic carbocycles. The maximum atomic E-state index is 15.8. The minimum absolute atomic E-state index is 0. The Labute approximate surface area is 371 Å².